The van der Waals surface area contributed by atoms with Gasteiger partial charge in [-0.05, 0) is 59.5 Å². The van der Waals surface area contributed by atoms with Crippen LogP contribution in [-0.4, -0.2) is 50.9 Å². The van der Waals surface area contributed by atoms with Crippen molar-refractivity contribution in [1.82, 2.24) is 14.5 Å². The Morgan fingerprint density at radius 3 is 2.51 bits per heavy atom. The summed E-state index contributed by atoms with van der Waals surface area (Å²) in [6.45, 7) is 2.44. The van der Waals surface area contributed by atoms with Crippen LogP contribution in [0, 0.1) is 11.3 Å². The molecule has 0 unspecified atom stereocenters. The van der Waals surface area contributed by atoms with Gasteiger partial charge < -0.3 is 14.4 Å². The average Bonchev–Trinajstić information content (AvgIpc) is 3.66. The van der Waals surface area contributed by atoms with Crippen LogP contribution in [0.1, 0.15) is 36.9 Å². The largest absolute Gasteiger partial charge is 0.336 e. The minimum absolute atomic E-state index is 0.0805. The van der Waals surface area contributed by atoms with Crippen molar-refractivity contribution in [1.29, 1.82) is 5.26 Å². The van der Waals surface area contributed by atoms with Crippen LogP contribution in [0.5, 0.6) is 0 Å². The molecule has 1 saturated heterocycles. The zero-order valence-corrected chi connectivity index (χ0v) is 23.9. The molecule has 1 aliphatic heterocycles. The topological polar surface area (TPSA) is 82.2 Å². The fourth-order valence-electron chi connectivity index (χ4n) is 4.91. The first kappa shape index (κ1) is 26.8. The van der Waals surface area contributed by atoms with Crippen LogP contribution >= 0.6 is 23.1 Å². The van der Waals surface area contributed by atoms with Crippen LogP contribution < -0.4 is 4.90 Å². The standard InChI is InChI=1S/C32H27N5O2S2/c33-18-23-6-8-24(9-7-23)20-36-22-34-19-28(36)21-37(31(38)25-4-2-1-3-5-25)27-10-11-29-26(16-27)17-30(41-29)32(39)35-12-14-40-15-13-35/h1-11,16-17,19,22H,12-15,20-21H2. The highest BCUT2D eigenvalue weighted by Crippen LogP contribution is 2.32. The molecule has 6 rings (SSSR count). The number of fused-ring (bicyclic) bond motifs is 1. The van der Waals surface area contributed by atoms with Gasteiger partial charge in [-0.2, -0.15) is 17.0 Å². The van der Waals surface area contributed by atoms with Crippen LogP contribution in [0.4, 0.5) is 5.69 Å². The molecule has 0 aliphatic carbocycles. The molecule has 0 N–H and O–H groups in total. The maximum Gasteiger partial charge on any atom is 0.264 e. The van der Waals surface area contributed by atoms with E-state index in [0.717, 1.165) is 56.5 Å². The van der Waals surface area contributed by atoms with E-state index in [2.05, 4.69) is 11.1 Å². The predicted molar refractivity (Wildman–Crippen MR) is 164 cm³/mol. The lowest BCUT2D eigenvalue weighted by atomic mass is 10.1. The van der Waals surface area contributed by atoms with E-state index in [9.17, 15) is 9.59 Å². The molecule has 3 heterocycles. The summed E-state index contributed by atoms with van der Waals surface area (Å²) in [6, 6.07) is 26.8. The Kier molecular flexibility index (Phi) is 7.85. The summed E-state index contributed by atoms with van der Waals surface area (Å²) in [5.74, 6) is 1.91. The minimum Gasteiger partial charge on any atom is -0.336 e. The summed E-state index contributed by atoms with van der Waals surface area (Å²) in [6.07, 6.45) is 3.55. The van der Waals surface area contributed by atoms with Crippen LogP contribution in [0.3, 0.4) is 0 Å². The zero-order chi connectivity index (χ0) is 28.2. The van der Waals surface area contributed by atoms with Crippen molar-refractivity contribution < 1.29 is 9.59 Å². The van der Waals surface area contributed by atoms with Crippen molar-refractivity contribution in [3.8, 4) is 6.07 Å². The lowest BCUT2D eigenvalue weighted by Gasteiger charge is -2.25. The number of nitriles is 1. The molecule has 0 saturated carbocycles. The molecule has 2 amide bonds. The smallest absolute Gasteiger partial charge is 0.264 e. The van der Waals surface area contributed by atoms with Gasteiger partial charge in [-0.3, -0.25) is 9.59 Å². The van der Waals surface area contributed by atoms with E-state index in [-0.39, 0.29) is 11.8 Å². The fourth-order valence-corrected chi connectivity index (χ4v) is 6.82. The lowest BCUT2D eigenvalue weighted by molar-refractivity contribution is 0.0777. The monoisotopic (exact) mass is 577 g/mol. The van der Waals surface area contributed by atoms with E-state index < -0.39 is 0 Å². The first-order chi connectivity index (χ1) is 20.1. The van der Waals surface area contributed by atoms with Crippen molar-refractivity contribution in [3.63, 3.8) is 0 Å². The number of thiophene rings is 1. The maximum atomic E-state index is 13.9. The Morgan fingerprint density at radius 1 is 0.976 bits per heavy atom. The Morgan fingerprint density at radius 2 is 1.76 bits per heavy atom. The molecule has 5 aromatic rings. The van der Waals surface area contributed by atoms with Gasteiger partial charge in [0, 0.05) is 53.3 Å². The predicted octanol–water partition coefficient (Wildman–Crippen LogP) is 6.05. The second-order valence-corrected chi connectivity index (χ2v) is 12.1. The van der Waals surface area contributed by atoms with Gasteiger partial charge in [-0.1, -0.05) is 30.3 Å². The zero-order valence-electron chi connectivity index (χ0n) is 22.3. The van der Waals surface area contributed by atoms with Gasteiger partial charge in [0.15, 0.2) is 0 Å². The van der Waals surface area contributed by atoms with E-state index in [0.29, 0.717) is 24.2 Å². The van der Waals surface area contributed by atoms with Gasteiger partial charge in [0.2, 0.25) is 0 Å². The van der Waals surface area contributed by atoms with Gasteiger partial charge in [0.25, 0.3) is 11.8 Å². The Labute approximate surface area is 246 Å². The quantitative estimate of drug-likeness (QED) is 0.235. The third kappa shape index (κ3) is 5.89. The van der Waals surface area contributed by atoms with Gasteiger partial charge in [0.05, 0.1) is 35.1 Å². The number of nitrogens with zero attached hydrogens (tertiary/aromatic N) is 5. The molecule has 1 aliphatic rings. The normalized spacial score (nSPS) is 13.2. The minimum atomic E-state index is -0.117. The maximum absolute atomic E-state index is 13.9. The molecule has 3 aromatic carbocycles. The van der Waals surface area contributed by atoms with Crippen molar-refractivity contribution in [2.75, 3.05) is 29.5 Å². The van der Waals surface area contributed by atoms with Crippen molar-refractivity contribution >= 4 is 50.7 Å². The Hall–Kier alpha value is -4.39. The van der Waals surface area contributed by atoms with Gasteiger partial charge in [-0.25, -0.2) is 4.98 Å². The number of hydrogen-bond donors (Lipinski definition) is 0. The van der Waals surface area contributed by atoms with E-state index in [1.165, 1.54) is 11.3 Å². The molecule has 7 nitrogen and oxygen atoms in total. The van der Waals surface area contributed by atoms with Crippen LogP contribution in [-0.2, 0) is 13.1 Å². The van der Waals surface area contributed by atoms with Gasteiger partial charge in [0.1, 0.15) is 0 Å². The summed E-state index contributed by atoms with van der Waals surface area (Å²) >= 11 is 3.38. The number of carbonyl (C=O) groups excluding carboxylic acids is 2. The van der Waals surface area contributed by atoms with E-state index in [4.69, 9.17) is 5.26 Å². The van der Waals surface area contributed by atoms with Crippen molar-refractivity contribution in [2.45, 2.75) is 13.1 Å². The highest BCUT2D eigenvalue weighted by Gasteiger charge is 2.23. The highest BCUT2D eigenvalue weighted by molar-refractivity contribution is 7.99. The molecule has 2 aromatic heterocycles. The van der Waals surface area contributed by atoms with Gasteiger partial charge >= 0.3 is 0 Å². The van der Waals surface area contributed by atoms with Crippen LogP contribution in [0.15, 0.2) is 91.4 Å². The second-order valence-electron chi connectivity index (χ2n) is 9.82. The second kappa shape index (κ2) is 12.0. The summed E-state index contributed by atoms with van der Waals surface area (Å²) in [5.41, 5.74) is 3.87. The third-order valence-corrected chi connectivity index (χ3v) is 9.19. The number of anilines is 1. The SMILES string of the molecule is N#Cc1ccc(Cn2cncc2CN(C(=O)c2ccccc2)c2ccc3sc(C(=O)N4CCSCC4)cc3c2)cc1. The molecule has 9 heteroatoms. The van der Waals surface area contributed by atoms with Crippen LogP contribution in [0.25, 0.3) is 10.1 Å². The number of carbonyl (C=O) groups is 2. The first-order valence-electron chi connectivity index (χ1n) is 13.3. The van der Waals surface area contributed by atoms with E-state index >= 15 is 0 Å². The number of hydrogen-bond acceptors (Lipinski definition) is 6. The summed E-state index contributed by atoms with van der Waals surface area (Å²) in [4.78, 5) is 35.8. The molecule has 0 spiro atoms. The molecular weight excluding hydrogens is 551 g/mol. The van der Waals surface area contributed by atoms with E-state index in [1.54, 1.807) is 29.6 Å². The molecule has 204 valence electrons. The molecule has 1 fully saturated rings. The molecule has 0 atom stereocenters. The summed E-state index contributed by atoms with van der Waals surface area (Å²) < 4.78 is 3.03. The Balaban J connectivity index is 1.31. The van der Waals surface area contributed by atoms with Gasteiger partial charge in [-0.15, -0.1) is 11.3 Å². The van der Waals surface area contributed by atoms with Crippen molar-refractivity contribution in [3.05, 3.63) is 119 Å². The molecule has 0 radical (unpaired) electrons. The molecule has 41 heavy (non-hydrogen) atoms. The van der Waals surface area contributed by atoms with Crippen LogP contribution in [0.2, 0.25) is 0 Å². The van der Waals surface area contributed by atoms with E-state index in [1.807, 2.05) is 88.0 Å². The third-order valence-electron chi connectivity index (χ3n) is 7.14. The van der Waals surface area contributed by atoms with Crippen molar-refractivity contribution in [2.24, 2.45) is 0 Å². The molecular formula is C32H27N5O2S2. The fraction of sp³-hybridized carbons (Fsp3) is 0.188. The summed E-state index contributed by atoms with van der Waals surface area (Å²) in [5, 5.41) is 10.1. The number of aromatic nitrogens is 2. The number of imidazole rings is 1. The number of rotatable bonds is 7. The lowest BCUT2D eigenvalue weighted by Crippen LogP contribution is -2.37. The molecule has 0 bridgehead atoms. The summed E-state index contributed by atoms with van der Waals surface area (Å²) in [7, 11) is 0. The number of amides is 2. The number of thioether (sulfide) groups is 1. The number of benzene rings is 3. The Bertz CT molecular complexity index is 1730. The average molecular weight is 578 g/mol. The highest BCUT2D eigenvalue weighted by atomic mass is 32.2. The first-order valence-corrected chi connectivity index (χ1v) is 15.3.